The highest BCUT2D eigenvalue weighted by atomic mass is 35.5. The number of thioether (sulfide) groups is 1. The number of thiazole rings is 1. The molecule has 0 atom stereocenters. The van der Waals surface area contributed by atoms with E-state index in [0.717, 1.165) is 15.1 Å². The molecule has 0 spiro atoms. The minimum Gasteiger partial charge on any atom is -0.510 e. The molecule has 6 heteroatoms. The van der Waals surface area contributed by atoms with E-state index in [1.807, 2.05) is 36.4 Å². The molecule has 23 heavy (non-hydrogen) atoms. The first kappa shape index (κ1) is 15.9. The number of nitrogens with zero attached hydrogens (tertiary/aromatic N) is 2. The van der Waals surface area contributed by atoms with Gasteiger partial charge in [-0.1, -0.05) is 23.7 Å². The average molecular weight is 359 g/mol. The molecular formula is C17H11ClN2OS2. The summed E-state index contributed by atoms with van der Waals surface area (Å²) in [6.45, 7) is 0. The van der Waals surface area contributed by atoms with Gasteiger partial charge < -0.3 is 5.11 Å². The fraction of sp³-hybridized carbons (Fsp3) is 0.0588. The molecule has 0 aliphatic heterocycles. The van der Waals surface area contributed by atoms with Gasteiger partial charge in [-0.25, -0.2) is 4.98 Å². The number of halogens is 1. The van der Waals surface area contributed by atoms with Crippen molar-refractivity contribution in [2.75, 3.05) is 5.75 Å². The molecule has 0 radical (unpaired) electrons. The van der Waals surface area contributed by atoms with Gasteiger partial charge >= 0.3 is 0 Å². The summed E-state index contributed by atoms with van der Waals surface area (Å²) in [5, 5.41) is 20.9. The standard InChI is InChI=1S/C17H11ClN2OS2/c18-11-5-7-12(8-6-11)22-10-15(21)13(9-19)17-20-14-3-1-2-4-16(14)23-17/h1-8,21H,10H2/b15-13-. The monoisotopic (exact) mass is 358 g/mol. The van der Waals surface area contributed by atoms with E-state index >= 15 is 0 Å². The van der Waals surface area contributed by atoms with Gasteiger partial charge in [0.2, 0.25) is 0 Å². The van der Waals surface area contributed by atoms with Crippen LogP contribution in [-0.2, 0) is 0 Å². The minimum absolute atomic E-state index is 0.0338. The Bertz CT molecular complexity index is 877. The highest BCUT2D eigenvalue weighted by Crippen LogP contribution is 2.30. The Morgan fingerprint density at radius 2 is 1.96 bits per heavy atom. The van der Waals surface area contributed by atoms with Crippen molar-refractivity contribution in [1.29, 1.82) is 5.26 Å². The van der Waals surface area contributed by atoms with E-state index in [-0.39, 0.29) is 11.3 Å². The summed E-state index contributed by atoms with van der Waals surface area (Å²) >= 11 is 8.69. The number of aliphatic hydroxyl groups is 1. The predicted octanol–water partition coefficient (Wildman–Crippen LogP) is 5.53. The van der Waals surface area contributed by atoms with Gasteiger partial charge in [-0.05, 0) is 36.4 Å². The quantitative estimate of drug-likeness (QED) is 0.378. The lowest BCUT2D eigenvalue weighted by molar-refractivity contribution is 0.421. The van der Waals surface area contributed by atoms with E-state index in [2.05, 4.69) is 11.1 Å². The second-order valence-electron chi connectivity index (χ2n) is 4.66. The van der Waals surface area contributed by atoms with Crippen molar-refractivity contribution in [2.24, 2.45) is 0 Å². The number of aromatic nitrogens is 1. The van der Waals surface area contributed by atoms with Crippen molar-refractivity contribution in [3.63, 3.8) is 0 Å². The van der Waals surface area contributed by atoms with Crippen molar-refractivity contribution in [3.05, 3.63) is 64.3 Å². The molecule has 3 rings (SSSR count). The third-order valence-electron chi connectivity index (χ3n) is 3.10. The normalized spacial score (nSPS) is 12.0. The lowest BCUT2D eigenvalue weighted by Crippen LogP contribution is -1.92. The smallest absolute Gasteiger partial charge is 0.138 e. The van der Waals surface area contributed by atoms with Gasteiger partial charge in [0.25, 0.3) is 0 Å². The van der Waals surface area contributed by atoms with Gasteiger partial charge in [-0.3, -0.25) is 0 Å². The fourth-order valence-electron chi connectivity index (χ4n) is 1.97. The molecule has 3 nitrogen and oxygen atoms in total. The largest absolute Gasteiger partial charge is 0.510 e. The molecule has 114 valence electrons. The number of benzene rings is 2. The first-order chi connectivity index (χ1) is 11.2. The van der Waals surface area contributed by atoms with Crippen LogP contribution in [0.1, 0.15) is 5.01 Å². The zero-order chi connectivity index (χ0) is 16.2. The maximum Gasteiger partial charge on any atom is 0.138 e. The molecule has 0 amide bonds. The molecule has 2 aromatic carbocycles. The van der Waals surface area contributed by atoms with Gasteiger partial charge in [-0.15, -0.1) is 23.1 Å². The van der Waals surface area contributed by atoms with Crippen LogP contribution < -0.4 is 0 Å². The Labute approximate surface area is 146 Å². The van der Waals surface area contributed by atoms with Gasteiger partial charge in [0, 0.05) is 9.92 Å². The molecule has 0 aliphatic rings. The molecule has 1 aromatic heterocycles. The number of para-hydroxylation sites is 1. The molecule has 0 saturated carbocycles. The van der Waals surface area contributed by atoms with Crippen LogP contribution in [0.4, 0.5) is 0 Å². The second-order valence-corrected chi connectivity index (χ2v) is 7.18. The maximum absolute atomic E-state index is 10.3. The van der Waals surface area contributed by atoms with E-state index in [4.69, 9.17) is 11.6 Å². The Balaban J connectivity index is 1.84. The van der Waals surface area contributed by atoms with Crippen LogP contribution in [0.2, 0.25) is 5.02 Å². The molecule has 0 bridgehead atoms. The average Bonchev–Trinajstić information content (AvgIpc) is 2.98. The predicted molar refractivity (Wildman–Crippen MR) is 97.0 cm³/mol. The second kappa shape index (κ2) is 7.05. The molecule has 1 N–H and O–H groups in total. The van der Waals surface area contributed by atoms with Crippen molar-refractivity contribution >= 4 is 50.5 Å². The Morgan fingerprint density at radius 3 is 2.65 bits per heavy atom. The summed E-state index contributed by atoms with van der Waals surface area (Å²) in [5.74, 6) is 0.340. The van der Waals surface area contributed by atoms with Crippen molar-refractivity contribution in [3.8, 4) is 6.07 Å². The van der Waals surface area contributed by atoms with E-state index in [9.17, 15) is 10.4 Å². The Kier molecular flexibility index (Phi) is 4.87. The highest BCUT2D eigenvalue weighted by Gasteiger charge is 2.14. The van der Waals surface area contributed by atoms with Crippen LogP contribution in [-0.4, -0.2) is 15.8 Å². The number of hydrogen-bond donors (Lipinski definition) is 1. The Morgan fingerprint density at radius 1 is 1.22 bits per heavy atom. The zero-order valence-corrected chi connectivity index (χ0v) is 14.3. The third kappa shape index (κ3) is 3.67. The van der Waals surface area contributed by atoms with Crippen LogP contribution in [0, 0.1) is 11.3 Å². The first-order valence-corrected chi connectivity index (χ1v) is 8.92. The van der Waals surface area contributed by atoms with Gasteiger partial charge in [-0.2, -0.15) is 5.26 Å². The minimum atomic E-state index is 0.0338. The lowest BCUT2D eigenvalue weighted by Gasteiger charge is -2.03. The van der Waals surface area contributed by atoms with Crippen LogP contribution in [0.3, 0.4) is 0 Å². The lowest BCUT2D eigenvalue weighted by atomic mass is 10.2. The SMILES string of the molecule is N#C/C(=C(/O)CSc1ccc(Cl)cc1)c1nc2ccccc2s1. The number of aliphatic hydroxyl groups excluding tert-OH is 1. The summed E-state index contributed by atoms with van der Waals surface area (Å²) in [6.07, 6.45) is 0. The van der Waals surface area contributed by atoms with E-state index < -0.39 is 0 Å². The highest BCUT2D eigenvalue weighted by molar-refractivity contribution is 7.99. The molecule has 0 unspecified atom stereocenters. The van der Waals surface area contributed by atoms with Gasteiger partial charge in [0.05, 0.1) is 16.0 Å². The third-order valence-corrected chi connectivity index (χ3v) is 5.43. The van der Waals surface area contributed by atoms with Crippen molar-refractivity contribution in [1.82, 2.24) is 4.98 Å². The molecule has 0 saturated heterocycles. The maximum atomic E-state index is 10.3. The first-order valence-electron chi connectivity index (χ1n) is 6.74. The van der Waals surface area contributed by atoms with Crippen molar-refractivity contribution < 1.29 is 5.11 Å². The number of nitriles is 1. The molecular weight excluding hydrogens is 348 g/mol. The van der Waals surface area contributed by atoms with E-state index in [1.165, 1.54) is 23.1 Å². The fourth-order valence-corrected chi connectivity index (χ4v) is 3.85. The summed E-state index contributed by atoms with van der Waals surface area (Å²) in [4.78, 5) is 5.40. The molecule has 3 aromatic rings. The van der Waals surface area contributed by atoms with Crippen LogP contribution in [0.5, 0.6) is 0 Å². The number of hydrogen-bond acceptors (Lipinski definition) is 5. The van der Waals surface area contributed by atoms with Gasteiger partial charge in [0.1, 0.15) is 22.4 Å². The molecule has 1 heterocycles. The number of rotatable bonds is 4. The summed E-state index contributed by atoms with van der Waals surface area (Å²) < 4.78 is 0.994. The van der Waals surface area contributed by atoms with Crippen LogP contribution in [0.25, 0.3) is 15.8 Å². The van der Waals surface area contributed by atoms with Crippen LogP contribution >= 0.6 is 34.7 Å². The van der Waals surface area contributed by atoms with Crippen LogP contribution in [0.15, 0.2) is 59.2 Å². The van der Waals surface area contributed by atoms with E-state index in [0.29, 0.717) is 15.8 Å². The summed E-state index contributed by atoms with van der Waals surface area (Å²) in [6, 6.07) is 17.1. The summed E-state index contributed by atoms with van der Waals surface area (Å²) in [5.41, 5.74) is 1.06. The topological polar surface area (TPSA) is 56.9 Å². The van der Waals surface area contributed by atoms with E-state index in [1.54, 1.807) is 12.1 Å². The zero-order valence-electron chi connectivity index (χ0n) is 11.9. The van der Waals surface area contributed by atoms with Gasteiger partial charge in [0.15, 0.2) is 0 Å². The number of fused-ring (bicyclic) bond motifs is 1. The molecule has 0 aliphatic carbocycles. The number of allylic oxidation sites excluding steroid dienone is 1. The molecule has 0 fully saturated rings. The summed E-state index contributed by atoms with van der Waals surface area (Å²) in [7, 11) is 0. The van der Waals surface area contributed by atoms with Crippen molar-refractivity contribution in [2.45, 2.75) is 4.90 Å². The Hall–Kier alpha value is -2.00.